The van der Waals surface area contributed by atoms with Crippen LogP contribution in [0.25, 0.3) is 11.0 Å². The molecule has 2 rings (SSSR count). The van der Waals surface area contributed by atoms with Gasteiger partial charge in [-0.15, -0.1) is 12.4 Å². The number of nitrogens with zero attached hydrogens (tertiary/aromatic N) is 2. The highest BCUT2D eigenvalue weighted by Crippen LogP contribution is 2.11. The Morgan fingerprint density at radius 2 is 2.23 bits per heavy atom. The van der Waals surface area contributed by atoms with E-state index >= 15 is 0 Å². The molecule has 0 saturated heterocycles. The minimum Gasteiger partial charge on any atom is -0.355 e. The predicted octanol–water partition coefficient (Wildman–Crippen LogP) is 2.04. The van der Waals surface area contributed by atoms with E-state index in [-0.39, 0.29) is 18.3 Å². The van der Waals surface area contributed by atoms with Crippen LogP contribution < -0.4 is 11.1 Å². The first kappa shape index (κ1) is 18.8. The molecule has 1 aromatic heterocycles. The Bertz CT molecular complexity index is 590. The Morgan fingerprint density at radius 3 is 3.00 bits per heavy atom. The molecule has 1 atom stereocenters. The molecule has 0 aliphatic heterocycles. The molecule has 0 radical (unpaired) electrons. The highest BCUT2D eigenvalue weighted by atomic mass is 35.5. The number of thioether (sulfide) groups is 1. The number of halogens is 1. The highest BCUT2D eigenvalue weighted by molar-refractivity contribution is 7.98. The van der Waals surface area contributed by atoms with Crippen molar-refractivity contribution in [1.82, 2.24) is 14.9 Å². The molecule has 0 aliphatic rings. The molecule has 1 aromatic carbocycles. The van der Waals surface area contributed by atoms with Crippen LogP contribution in [0.3, 0.4) is 0 Å². The van der Waals surface area contributed by atoms with Crippen LogP contribution in [-0.2, 0) is 11.3 Å². The van der Waals surface area contributed by atoms with Crippen LogP contribution in [0.4, 0.5) is 0 Å². The average molecular weight is 343 g/mol. The van der Waals surface area contributed by atoms with Crippen molar-refractivity contribution in [2.24, 2.45) is 5.73 Å². The van der Waals surface area contributed by atoms with Crippen molar-refractivity contribution in [3.8, 4) is 0 Å². The number of benzene rings is 1. The van der Waals surface area contributed by atoms with Crippen molar-refractivity contribution in [2.75, 3.05) is 18.6 Å². The van der Waals surface area contributed by atoms with E-state index in [9.17, 15) is 4.79 Å². The first-order chi connectivity index (χ1) is 10.2. The molecule has 0 spiro atoms. The van der Waals surface area contributed by atoms with Crippen molar-refractivity contribution < 1.29 is 4.79 Å². The lowest BCUT2D eigenvalue weighted by Crippen LogP contribution is -2.41. The third kappa shape index (κ3) is 5.19. The maximum Gasteiger partial charge on any atom is 0.236 e. The Balaban J connectivity index is 0.00000242. The van der Waals surface area contributed by atoms with Gasteiger partial charge in [0.15, 0.2) is 0 Å². The van der Waals surface area contributed by atoms with Crippen LogP contribution >= 0.6 is 24.2 Å². The fourth-order valence-corrected chi connectivity index (χ4v) is 2.65. The highest BCUT2D eigenvalue weighted by Gasteiger charge is 2.11. The number of para-hydroxylation sites is 2. The number of amides is 1. The lowest BCUT2D eigenvalue weighted by molar-refractivity contribution is -0.122. The molecule has 122 valence electrons. The van der Waals surface area contributed by atoms with Gasteiger partial charge >= 0.3 is 0 Å². The van der Waals surface area contributed by atoms with E-state index in [4.69, 9.17) is 5.73 Å². The van der Waals surface area contributed by atoms with Gasteiger partial charge in [-0.3, -0.25) is 4.79 Å². The molecule has 0 saturated carbocycles. The molecule has 0 aliphatic carbocycles. The van der Waals surface area contributed by atoms with Gasteiger partial charge in [-0.05, 0) is 37.0 Å². The molecule has 1 heterocycles. The molecule has 2 aromatic rings. The third-order valence-electron chi connectivity index (χ3n) is 3.37. The number of aromatic nitrogens is 2. The van der Waals surface area contributed by atoms with Crippen molar-refractivity contribution >= 4 is 41.1 Å². The fraction of sp³-hybridized carbons (Fsp3) is 0.467. The number of aryl methyl sites for hydroxylation is 1. The zero-order valence-electron chi connectivity index (χ0n) is 12.7. The Labute approximate surface area is 141 Å². The third-order valence-corrected chi connectivity index (χ3v) is 4.02. The van der Waals surface area contributed by atoms with Gasteiger partial charge in [-0.1, -0.05) is 12.1 Å². The standard InChI is InChI=1S/C15H22N4OS.ClH/c1-21-10-7-12(16)15(20)17-8-4-9-19-11-18-13-5-2-3-6-14(13)19;/h2-3,5-6,11-12H,4,7-10,16H2,1H3,(H,17,20);1H/t12-;/m0./s1. The summed E-state index contributed by atoms with van der Waals surface area (Å²) in [6.45, 7) is 1.47. The van der Waals surface area contributed by atoms with Gasteiger partial charge in [-0.25, -0.2) is 4.98 Å². The van der Waals surface area contributed by atoms with Crippen LogP contribution in [0.15, 0.2) is 30.6 Å². The summed E-state index contributed by atoms with van der Waals surface area (Å²) < 4.78 is 2.11. The van der Waals surface area contributed by atoms with E-state index in [1.54, 1.807) is 11.8 Å². The summed E-state index contributed by atoms with van der Waals surface area (Å²) in [6, 6.07) is 7.65. The number of hydrogen-bond donors (Lipinski definition) is 2. The summed E-state index contributed by atoms with van der Waals surface area (Å²) in [5, 5.41) is 2.89. The number of carbonyl (C=O) groups excluding carboxylic acids is 1. The van der Waals surface area contributed by atoms with Crippen molar-refractivity contribution in [3.05, 3.63) is 30.6 Å². The van der Waals surface area contributed by atoms with E-state index in [2.05, 4.69) is 20.9 Å². The van der Waals surface area contributed by atoms with E-state index in [1.807, 2.05) is 30.8 Å². The maximum absolute atomic E-state index is 11.8. The number of hydrogen-bond acceptors (Lipinski definition) is 4. The topological polar surface area (TPSA) is 72.9 Å². The molecule has 22 heavy (non-hydrogen) atoms. The van der Waals surface area contributed by atoms with Crippen molar-refractivity contribution in [1.29, 1.82) is 0 Å². The number of nitrogens with one attached hydrogen (secondary N) is 1. The van der Waals surface area contributed by atoms with Gasteiger partial charge in [0.2, 0.25) is 5.91 Å². The number of nitrogens with two attached hydrogens (primary N) is 1. The van der Waals surface area contributed by atoms with E-state index in [1.165, 1.54) is 0 Å². The van der Waals surface area contributed by atoms with E-state index in [0.29, 0.717) is 6.54 Å². The van der Waals surface area contributed by atoms with Crippen molar-refractivity contribution in [2.45, 2.75) is 25.4 Å². The minimum atomic E-state index is -0.397. The lowest BCUT2D eigenvalue weighted by Gasteiger charge is -2.11. The number of rotatable bonds is 8. The van der Waals surface area contributed by atoms with Gasteiger partial charge < -0.3 is 15.6 Å². The molecule has 7 heteroatoms. The van der Waals surface area contributed by atoms with Gasteiger partial charge in [0, 0.05) is 13.1 Å². The average Bonchev–Trinajstić information content (AvgIpc) is 2.92. The van der Waals surface area contributed by atoms with Gasteiger partial charge in [0.25, 0.3) is 0 Å². The molecule has 1 amide bonds. The summed E-state index contributed by atoms with van der Waals surface area (Å²) in [7, 11) is 0. The second-order valence-corrected chi connectivity index (χ2v) is 5.94. The SMILES string of the molecule is CSCC[C@H](N)C(=O)NCCCn1cnc2ccccc21.Cl. The van der Waals surface area contributed by atoms with Gasteiger partial charge in [0.1, 0.15) is 0 Å². The lowest BCUT2D eigenvalue weighted by atomic mass is 10.2. The zero-order chi connectivity index (χ0) is 15.1. The molecule has 0 unspecified atom stereocenters. The van der Waals surface area contributed by atoms with Crippen LogP contribution in [0.5, 0.6) is 0 Å². The molecule has 5 nitrogen and oxygen atoms in total. The van der Waals surface area contributed by atoms with Gasteiger partial charge in [0.05, 0.1) is 23.4 Å². The monoisotopic (exact) mass is 342 g/mol. The molecule has 0 fully saturated rings. The number of carbonyl (C=O) groups is 1. The van der Waals surface area contributed by atoms with E-state index in [0.717, 1.165) is 36.2 Å². The first-order valence-corrected chi connectivity index (χ1v) is 8.54. The number of fused-ring (bicyclic) bond motifs is 1. The maximum atomic E-state index is 11.8. The quantitative estimate of drug-likeness (QED) is 0.720. The molecular weight excluding hydrogens is 320 g/mol. The summed E-state index contributed by atoms with van der Waals surface area (Å²) in [6.07, 6.45) is 5.44. The van der Waals surface area contributed by atoms with Crippen LogP contribution in [0, 0.1) is 0 Å². The zero-order valence-corrected chi connectivity index (χ0v) is 14.3. The minimum absolute atomic E-state index is 0. The summed E-state index contributed by atoms with van der Waals surface area (Å²) >= 11 is 1.70. The Hall–Kier alpha value is -1.24. The smallest absolute Gasteiger partial charge is 0.236 e. The Morgan fingerprint density at radius 1 is 1.45 bits per heavy atom. The second-order valence-electron chi connectivity index (χ2n) is 4.96. The van der Waals surface area contributed by atoms with Crippen molar-refractivity contribution in [3.63, 3.8) is 0 Å². The fourth-order valence-electron chi connectivity index (χ4n) is 2.16. The van der Waals surface area contributed by atoms with Crippen LogP contribution in [0.1, 0.15) is 12.8 Å². The van der Waals surface area contributed by atoms with E-state index < -0.39 is 6.04 Å². The summed E-state index contributed by atoms with van der Waals surface area (Å²) in [5.74, 6) is 0.856. The largest absolute Gasteiger partial charge is 0.355 e. The predicted molar refractivity (Wildman–Crippen MR) is 95.6 cm³/mol. The van der Waals surface area contributed by atoms with Crippen LogP contribution in [-0.4, -0.2) is 40.1 Å². The Kier molecular flexibility index (Phi) is 8.30. The molecule has 3 N–H and O–H groups in total. The molecular formula is C15H23ClN4OS. The van der Waals surface area contributed by atoms with Gasteiger partial charge in [-0.2, -0.15) is 11.8 Å². The second kappa shape index (κ2) is 9.71. The summed E-state index contributed by atoms with van der Waals surface area (Å²) in [4.78, 5) is 16.1. The molecule has 0 bridgehead atoms. The normalized spacial score (nSPS) is 11.9. The number of imidazole rings is 1. The van der Waals surface area contributed by atoms with Crippen LogP contribution in [0.2, 0.25) is 0 Å². The summed E-state index contributed by atoms with van der Waals surface area (Å²) in [5.41, 5.74) is 7.94. The first-order valence-electron chi connectivity index (χ1n) is 7.14.